The van der Waals surface area contributed by atoms with Gasteiger partial charge in [0.1, 0.15) is 0 Å². The molecule has 1 aromatic rings. The van der Waals surface area contributed by atoms with Gasteiger partial charge in [0, 0.05) is 4.47 Å². The topological polar surface area (TPSA) is 21.3 Å². The van der Waals surface area contributed by atoms with Gasteiger partial charge in [0.2, 0.25) is 0 Å². The predicted molar refractivity (Wildman–Crippen MR) is 76.6 cm³/mol. The van der Waals surface area contributed by atoms with Crippen molar-refractivity contribution in [2.24, 2.45) is 0 Å². The van der Waals surface area contributed by atoms with Crippen LogP contribution >= 0.6 is 15.9 Å². The van der Waals surface area contributed by atoms with Crippen molar-refractivity contribution >= 4 is 15.9 Å². The summed E-state index contributed by atoms with van der Waals surface area (Å²) in [6, 6.07) is 4.02. The monoisotopic (exact) mass is 353 g/mol. The lowest BCUT2D eigenvalue weighted by Crippen LogP contribution is -2.27. The van der Waals surface area contributed by atoms with Gasteiger partial charge in [-0.3, -0.25) is 0 Å². The van der Waals surface area contributed by atoms with Gasteiger partial charge in [-0.05, 0) is 38.1 Å². The highest BCUT2D eigenvalue weighted by Gasteiger charge is 2.33. The summed E-state index contributed by atoms with van der Waals surface area (Å²) in [6.45, 7) is 6.69. The Labute approximate surface area is 125 Å². The summed E-state index contributed by atoms with van der Waals surface area (Å²) in [5.74, 6) is 0. The minimum Gasteiger partial charge on any atom is -0.377 e. The zero-order valence-corrected chi connectivity index (χ0v) is 13.3. The van der Waals surface area contributed by atoms with Crippen LogP contribution in [0.15, 0.2) is 22.7 Å². The third-order valence-electron chi connectivity index (χ3n) is 2.74. The van der Waals surface area contributed by atoms with Crippen molar-refractivity contribution in [3.05, 3.63) is 33.8 Å². The molecule has 0 radical (unpaired) electrons. The summed E-state index contributed by atoms with van der Waals surface area (Å²) < 4.78 is 44.3. The van der Waals surface area contributed by atoms with Crippen LogP contribution in [0.4, 0.5) is 13.2 Å². The van der Waals surface area contributed by atoms with Gasteiger partial charge in [-0.1, -0.05) is 28.9 Å². The van der Waals surface area contributed by atoms with Crippen LogP contribution in [0.2, 0.25) is 0 Å². The molecular weight excluding hydrogens is 335 g/mol. The highest BCUT2D eigenvalue weighted by atomic mass is 79.9. The fourth-order valence-corrected chi connectivity index (χ4v) is 2.26. The van der Waals surface area contributed by atoms with E-state index >= 15 is 0 Å². The first-order valence-corrected chi connectivity index (χ1v) is 7.26. The van der Waals surface area contributed by atoms with Crippen molar-refractivity contribution < 1.29 is 17.9 Å². The molecule has 20 heavy (non-hydrogen) atoms. The van der Waals surface area contributed by atoms with Gasteiger partial charge in [-0.25, -0.2) is 0 Å². The van der Waals surface area contributed by atoms with E-state index in [1.54, 1.807) is 6.07 Å². The Morgan fingerprint density at radius 3 is 2.45 bits per heavy atom. The number of halogens is 4. The van der Waals surface area contributed by atoms with Gasteiger partial charge in [-0.2, -0.15) is 13.2 Å². The van der Waals surface area contributed by atoms with E-state index in [0.717, 1.165) is 0 Å². The van der Waals surface area contributed by atoms with E-state index in [1.807, 2.05) is 20.8 Å². The van der Waals surface area contributed by atoms with E-state index in [2.05, 4.69) is 21.2 Å². The Kier molecular flexibility index (Phi) is 6.48. The molecule has 1 unspecified atom stereocenters. The van der Waals surface area contributed by atoms with Crippen LogP contribution in [0.3, 0.4) is 0 Å². The summed E-state index contributed by atoms with van der Waals surface area (Å²) in [5.41, 5.74) is -0.0922. The van der Waals surface area contributed by atoms with Crippen molar-refractivity contribution in [2.45, 2.75) is 39.1 Å². The van der Waals surface area contributed by atoms with Crippen molar-refractivity contribution in [3.8, 4) is 0 Å². The smallest absolute Gasteiger partial charge is 0.377 e. The zero-order chi connectivity index (χ0) is 15.3. The molecule has 0 saturated heterocycles. The molecule has 2 nitrogen and oxygen atoms in total. The highest BCUT2D eigenvalue weighted by Crippen LogP contribution is 2.36. The molecule has 114 valence electrons. The van der Waals surface area contributed by atoms with Crippen LogP contribution in [0.5, 0.6) is 0 Å². The number of hydrogen-bond donors (Lipinski definition) is 1. The van der Waals surface area contributed by atoms with Crippen LogP contribution < -0.4 is 5.32 Å². The quantitative estimate of drug-likeness (QED) is 0.810. The van der Waals surface area contributed by atoms with Crippen molar-refractivity contribution in [1.82, 2.24) is 5.32 Å². The standard InChI is InChI=1S/C14H19BrF3NO/c1-4-19-13(8-20-9(2)3)10-5-6-12(15)11(7-10)14(16,17)18/h5-7,9,13,19H,4,8H2,1-3H3. The number of ether oxygens (including phenoxy) is 1. The average Bonchev–Trinajstić information content (AvgIpc) is 2.33. The van der Waals surface area contributed by atoms with E-state index in [9.17, 15) is 13.2 Å². The minimum absolute atomic E-state index is 0.0358. The van der Waals surface area contributed by atoms with Crippen LogP contribution in [-0.4, -0.2) is 19.3 Å². The van der Waals surface area contributed by atoms with Gasteiger partial charge >= 0.3 is 6.18 Å². The fraction of sp³-hybridized carbons (Fsp3) is 0.571. The molecule has 0 aromatic heterocycles. The molecular formula is C14H19BrF3NO. The summed E-state index contributed by atoms with van der Waals surface area (Å²) in [6.07, 6.45) is -4.33. The first kappa shape index (κ1) is 17.5. The Bertz CT molecular complexity index is 435. The van der Waals surface area contributed by atoms with E-state index in [0.29, 0.717) is 18.7 Å². The van der Waals surface area contributed by atoms with Crippen molar-refractivity contribution in [3.63, 3.8) is 0 Å². The molecule has 0 amide bonds. The Hall–Kier alpha value is -0.590. The molecule has 0 spiro atoms. The molecule has 0 aliphatic heterocycles. The predicted octanol–water partition coefficient (Wildman–Crippen LogP) is 4.54. The lowest BCUT2D eigenvalue weighted by Gasteiger charge is -2.21. The van der Waals surface area contributed by atoms with E-state index in [-0.39, 0.29) is 16.6 Å². The summed E-state index contributed by atoms with van der Waals surface area (Å²) in [7, 11) is 0. The number of rotatable bonds is 6. The van der Waals surface area contributed by atoms with Crippen LogP contribution in [0.1, 0.15) is 37.9 Å². The van der Waals surface area contributed by atoms with Crippen LogP contribution in [0, 0.1) is 0 Å². The summed E-state index contributed by atoms with van der Waals surface area (Å²) in [5, 5.41) is 3.14. The number of likely N-dealkylation sites (N-methyl/N-ethyl adjacent to an activating group) is 1. The van der Waals surface area contributed by atoms with Crippen molar-refractivity contribution in [2.75, 3.05) is 13.2 Å². The van der Waals surface area contributed by atoms with Crippen LogP contribution in [-0.2, 0) is 10.9 Å². The molecule has 0 heterocycles. The van der Waals surface area contributed by atoms with E-state index < -0.39 is 11.7 Å². The molecule has 1 N–H and O–H groups in total. The lowest BCUT2D eigenvalue weighted by molar-refractivity contribution is -0.138. The second kappa shape index (κ2) is 7.43. The Morgan fingerprint density at radius 1 is 1.30 bits per heavy atom. The molecule has 0 bridgehead atoms. The SMILES string of the molecule is CCNC(COC(C)C)c1ccc(Br)c(C(F)(F)F)c1. The molecule has 0 aliphatic rings. The zero-order valence-electron chi connectivity index (χ0n) is 11.7. The van der Waals surface area contributed by atoms with Crippen LogP contribution in [0.25, 0.3) is 0 Å². The number of hydrogen-bond acceptors (Lipinski definition) is 2. The second-order valence-electron chi connectivity index (χ2n) is 4.73. The maximum absolute atomic E-state index is 12.9. The first-order valence-electron chi connectivity index (χ1n) is 6.47. The maximum Gasteiger partial charge on any atom is 0.417 e. The molecule has 0 saturated carbocycles. The van der Waals surface area contributed by atoms with E-state index in [1.165, 1.54) is 12.1 Å². The number of alkyl halides is 3. The minimum atomic E-state index is -4.37. The van der Waals surface area contributed by atoms with Gasteiger partial charge in [0.15, 0.2) is 0 Å². The normalized spacial score (nSPS) is 13.8. The molecule has 1 aromatic carbocycles. The maximum atomic E-state index is 12.9. The Balaban J connectivity index is 3.02. The lowest BCUT2D eigenvalue weighted by atomic mass is 10.0. The second-order valence-corrected chi connectivity index (χ2v) is 5.58. The molecule has 0 aliphatic carbocycles. The Morgan fingerprint density at radius 2 is 1.95 bits per heavy atom. The van der Waals surface area contributed by atoms with Crippen molar-refractivity contribution in [1.29, 1.82) is 0 Å². The van der Waals surface area contributed by atoms with Gasteiger partial charge in [-0.15, -0.1) is 0 Å². The van der Waals surface area contributed by atoms with Gasteiger partial charge in [0.05, 0.1) is 24.3 Å². The number of nitrogens with one attached hydrogen (secondary N) is 1. The molecule has 1 atom stereocenters. The summed E-state index contributed by atoms with van der Waals surface area (Å²) in [4.78, 5) is 0. The molecule has 1 rings (SSSR count). The average molecular weight is 354 g/mol. The van der Waals surface area contributed by atoms with Gasteiger partial charge < -0.3 is 10.1 Å². The highest BCUT2D eigenvalue weighted by molar-refractivity contribution is 9.10. The molecule has 0 fully saturated rings. The fourth-order valence-electron chi connectivity index (χ4n) is 1.78. The number of benzene rings is 1. The van der Waals surface area contributed by atoms with Gasteiger partial charge in [0.25, 0.3) is 0 Å². The first-order chi connectivity index (χ1) is 9.25. The van der Waals surface area contributed by atoms with E-state index in [4.69, 9.17) is 4.74 Å². The third kappa shape index (κ3) is 5.07. The molecule has 6 heteroatoms. The summed E-state index contributed by atoms with van der Waals surface area (Å²) >= 11 is 2.94. The largest absolute Gasteiger partial charge is 0.417 e. The third-order valence-corrected chi connectivity index (χ3v) is 3.44.